The Balaban J connectivity index is 1.79. The number of aliphatic hydroxyl groups excluding tert-OH is 1. The minimum atomic E-state index is -0.240. The Morgan fingerprint density at radius 2 is 2.00 bits per heavy atom. The zero-order valence-corrected chi connectivity index (χ0v) is 9.76. The number of carbonyl (C=O) groups is 1. The number of aliphatic hydroxyl groups is 1. The van der Waals surface area contributed by atoms with Crippen LogP contribution in [0, 0.1) is 0 Å². The average molecular weight is 246 g/mol. The van der Waals surface area contributed by atoms with Gasteiger partial charge in [0.25, 0.3) is 5.91 Å². The molecule has 2 aromatic rings. The van der Waals surface area contributed by atoms with E-state index in [2.05, 4.69) is 20.7 Å². The number of nitrogens with one attached hydrogen (secondary N) is 2. The summed E-state index contributed by atoms with van der Waals surface area (Å²) in [4.78, 5) is 11.5. The fraction of sp³-hybridized carbons (Fsp3) is 0.250. The van der Waals surface area contributed by atoms with Crippen LogP contribution in [-0.2, 0) is 13.0 Å². The smallest absolute Gasteiger partial charge is 0.273 e. The molecule has 94 valence electrons. The summed E-state index contributed by atoms with van der Waals surface area (Å²) < 4.78 is 0. The number of benzene rings is 1. The highest BCUT2D eigenvalue weighted by molar-refractivity contribution is 5.91. The van der Waals surface area contributed by atoms with E-state index in [0.29, 0.717) is 6.54 Å². The van der Waals surface area contributed by atoms with Crippen molar-refractivity contribution in [2.24, 2.45) is 0 Å². The van der Waals surface area contributed by atoms with Gasteiger partial charge in [-0.15, -0.1) is 0 Å². The van der Waals surface area contributed by atoms with Gasteiger partial charge >= 0.3 is 0 Å². The summed E-state index contributed by atoms with van der Waals surface area (Å²) in [6.45, 7) is 0.577. The van der Waals surface area contributed by atoms with E-state index < -0.39 is 0 Å². The van der Waals surface area contributed by atoms with Crippen molar-refractivity contribution < 1.29 is 9.90 Å². The van der Waals surface area contributed by atoms with Crippen LogP contribution in [0.1, 0.15) is 21.6 Å². The molecular weight excluding hydrogens is 232 g/mol. The number of carbonyl (C=O) groups excluding carboxylic acids is 1. The minimum absolute atomic E-state index is 0.0448. The van der Waals surface area contributed by atoms with Crippen molar-refractivity contribution in [3.05, 3.63) is 47.3 Å². The summed E-state index contributed by atoms with van der Waals surface area (Å²) in [5.74, 6) is -0.240. The Labute approximate surface area is 104 Å². The Hall–Kier alpha value is -2.21. The van der Waals surface area contributed by atoms with Crippen molar-refractivity contribution in [1.29, 1.82) is 0 Å². The Kier molecular flexibility index (Phi) is 4.03. The molecule has 0 atom stereocenters. The Morgan fingerprint density at radius 3 is 2.61 bits per heavy atom. The molecule has 0 spiro atoms. The van der Waals surface area contributed by atoms with Crippen LogP contribution < -0.4 is 5.32 Å². The van der Waals surface area contributed by atoms with Crippen LogP contribution in [0.3, 0.4) is 0 Å². The van der Waals surface area contributed by atoms with E-state index in [0.717, 1.165) is 17.5 Å². The number of aromatic nitrogens is 3. The van der Waals surface area contributed by atoms with Crippen LogP contribution in [0.15, 0.2) is 30.5 Å². The van der Waals surface area contributed by atoms with Crippen LogP contribution in [0.25, 0.3) is 0 Å². The number of nitrogens with zero attached hydrogens (tertiary/aromatic N) is 2. The second-order valence-corrected chi connectivity index (χ2v) is 3.84. The molecule has 1 heterocycles. The first-order valence-corrected chi connectivity index (χ1v) is 5.62. The van der Waals surface area contributed by atoms with E-state index in [9.17, 15) is 4.79 Å². The maximum absolute atomic E-state index is 11.5. The summed E-state index contributed by atoms with van der Waals surface area (Å²) >= 11 is 0. The minimum Gasteiger partial charge on any atom is -0.392 e. The van der Waals surface area contributed by atoms with Crippen molar-refractivity contribution >= 4 is 5.91 Å². The summed E-state index contributed by atoms with van der Waals surface area (Å²) in [5, 5.41) is 21.3. The maximum atomic E-state index is 11.5. The number of rotatable bonds is 5. The third-order valence-electron chi connectivity index (χ3n) is 2.55. The standard InChI is InChI=1S/C12H14N4O2/c17-8-10-3-1-9(2-4-10)5-6-13-12(18)11-7-14-16-15-11/h1-4,7,17H,5-6,8H2,(H,13,18)(H,14,15,16). The number of hydrogen-bond acceptors (Lipinski definition) is 4. The van der Waals surface area contributed by atoms with Gasteiger partial charge in [0.1, 0.15) is 0 Å². The third kappa shape index (κ3) is 3.14. The zero-order chi connectivity index (χ0) is 12.8. The number of aromatic amines is 1. The summed E-state index contributed by atoms with van der Waals surface area (Å²) in [6.07, 6.45) is 2.11. The largest absolute Gasteiger partial charge is 0.392 e. The van der Waals surface area contributed by atoms with Crippen molar-refractivity contribution in [3.63, 3.8) is 0 Å². The van der Waals surface area contributed by atoms with Crippen LogP contribution in [-0.4, -0.2) is 33.0 Å². The molecule has 0 unspecified atom stereocenters. The van der Waals surface area contributed by atoms with Gasteiger partial charge in [-0.2, -0.15) is 15.4 Å². The fourth-order valence-corrected chi connectivity index (χ4v) is 1.53. The predicted molar refractivity (Wildman–Crippen MR) is 64.8 cm³/mol. The molecule has 0 radical (unpaired) electrons. The molecule has 0 aliphatic heterocycles. The molecular formula is C12H14N4O2. The molecule has 0 saturated carbocycles. The molecule has 2 rings (SSSR count). The molecule has 0 saturated heterocycles. The molecule has 0 fully saturated rings. The SMILES string of the molecule is O=C(NCCc1ccc(CO)cc1)c1cn[nH]n1. The molecule has 1 amide bonds. The van der Waals surface area contributed by atoms with E-state index >= 15 is 0 Å². The first-order chi connectivity index (χ1) is 8.79. The van der Waals surface area contributed by atoms with E-state index in [-0.39, 0.29) is 18.2 Å². The van der Waals surface area contributed by atoms with Gasteiger partial charge in [0, 0.05) is 6.54 Å². The van der Waals surface area contributed by atoms with E-state index in [1.807, 2.05) is 24.3 Å². The molecule has 0 aliphatic rings. The lowest BCUT2D eigenvalue weighted by atomic mass is 10.1. The van der Waals surface area contributed by atoms with Gasteiger partial charge in [-0.05, 0) is 17.5 Å². The normalized spacial score (nSPS) is 10.3. The number of H-pyrrole nitrogens is 1. The lowest BCUT2D eigenvalue weighted by Crippen LogP contribution is -2.26. The molecule has 1 aromatic heterocycles. The van der Waals surface area contributed by atoms with Crippen molar-refractivity contribution in [2.45, 2.75) is 13.0 Å². The van der Waals surface area contributed by atoms with Crippen LogP contribution >= 0.6 is 0 Å². The molecule has 3 N–H and O–H groups in total. The monoisotopic (exact) mass is 246 g/mol. The van der Waals surface area contributed by atoms with Gasteiger partial charge in [-0.1, -0.05) is 24.3 Å². The van der Waals surface area contributed by atoms with Gasteiger partial charge in [0.2, 0.25) is 0 Å². The second kappa shape index (κ2) is 5.92. The maximum Gasteiger partial charge on any atom is 0.273 e. The third-order valence-corrected chi connectivity index (χ3v) is 2.55. The molecule has 1 aromatic carbocycles. The van der Waals surface area contributed by atoms with Gasteiger partial charge in [-0.25, -0.2) is 0 Å². The van der Waals surface area contributed by atoms with Gasteiger partial charge in [0.15, 0.2) is 5.69 Å². The first-order valence-electron chi connectivity index (χ1n) is 5.62. The van der Waals surface area contributed by atoms with Gasteiger partial charge in [0.05, 0.1) is 12.8 Å². The lowest BCUT2D eigenvalue weighted by Gasteiger charge is -2.04. The number of amides is 1. The molecule has 18 heavy (non-hydrogen) atoms. The highest BCUT2D eigenvalue weighted by Crippen LogP contribution is 2.04. The predicted octanol–water partition coefficient (Wildman–Crippen LogP) is 0.269. The Morgan fingerprint density at radius 1 is 1.28 bits per heavy atom. The van der Waals surface area contributed by atoms with Gasteiger partial charge < -0.3 is 10.4 Å². The van der Waals surface area contributed by atoms with E-state index in [4.69, 9.17) is 5.11 Å². The van der Waals surface area contributed by atoms with Crippen LogP contribution in [0.5, 0.6) is 0 Å². The topological polar surface area (TPSA) is 90.9 Å². The summed E-state index contributed by atoms with van der Waals surface area (Å²) in [6, 6.07) is 7.62. The lowest BCUT2D eigenvalue weighted by molar-refractivity contribution is 0.0949. The zero-order valence-electron chi connectivity index (χ0n) is 9.76. The van der Waals surface area contributed by atoms with E-state index in [1.165, 1.54) is 6.20 Å². The fourth-order valence-electron chi connectivity index (χ4n) is 1.53. The van der Waals surface area contributed by atoms with Crippen molar-refractivity contribution in [3.8, 4) is 0 Å². The summed E-state index contributed by atoms with van der Waals surface area (Å²) in [5.41, 5.74) is 2.27. The Bertz CT molecular complexity index is 493. The average Bonchev–Trinajstić information content (AvgIpc) is 2.93. The van der Waals surface area contributed by atoms with Crippen molar-refractivity contribution in [2.75, 3.05) is 6.54 Å². The molecule has 6 nitrogen and oxygen atoms in total. The van der Waals surface area contributed by atoms with Gasteiger partial charge in [-0.3, -0.25) is 4.79 Å². The molecule has 0 aliphatic carbocycles. The second-order valence-electron chi connectivity index (χ2n) is 3.84. The number of hydrogen-bond donors (Lipinski definition) is 3. The molecule has 6 heteroatoms. The highest BCUT2D eigenvalue weighted by Gasteiger charge is 2.06. The summed E-state index contributed by atoms with van der Waals surface area (Å²) in [7, 11) is 0. The van der Waals surface area contributed by atoms with Crippen LogP contribution in [0.4, 0.5) is 0 Å². The van der Waals surface area contributed by atoms with E-state index in [1.54, 1.807) is 0 Å². The van der Waals surface area contributed by atoms with Crippen LogP contribution in [0.2, 0.25) is 0 Å². The quantitative estimate of drug-likeness (QED) is 0.706. The van der Waals surface area contributed by atoms with Crippen molar-refractivity contribution in [1.82, 2.24) is 20.7 Å². The molecule has 0 bridgehead atoms. The first kappa shape index (κ1) is 12.3. The highest BCUT2D eigenvalue weighted by atomic mass is 16.3.